The number of carbonyl (C=O) groups is 1. The van der Waals surface area contributed by atoms with Crippen LogP contribution in [0.5, 0.6) is 0 Å². The van der Waals surface area contributed by atoms with Crippen molar-refractivity contribution >= 4 is 15.7 Å². The molecule has 0 spiro atoms. The van der Waals surface area contributed by atoms with E-state index in [1.807, 2.05) is 0 Å². The normalized spacial score (nSPS) is 27.8. The second-order valence-electron chi connectivity index (χ2n) is 6.09. The molecule has 2 atom stereocenters. The van der Waals surface area contributed by atoms with E-state index in [1.54, 1.807) is 28.9 Å². The summed E-state index contributed by atoms with van der Waals surface area (Å²) in [4.78, 5) is 16.7. The van der Waals surface area contributed by atoms with Gasteiger partial charge in [-0.3, -0.25) is 14.4 Å². The fourth-order valence-electron chi connectivity index (χ4n) is 3.57. The molecule has 0 aromatic carbocycles. The van der Waals surface area contributed by atoms with E-state index in [2.05, 4.69) is 16.9 Å². The van der Waals surface area contributed by atoms with Crippen LogP contribution in [-0.4, -0.2) is 77.1 Å². The van der Waals surface area contributed by atoms with Crippen LogP contribution in [-0.2, 0) is 16.9 Å². The molecular formula is C14H22N4O3S. The minimum atomic E-state index is -3.08. The molecule has 1 aromatic rings. The summed E-state index contributed by atoms with van der Waals surface area (Å²) >= 11 is 0. The summed E-state index contributed by atoms with van der Waals surface area (Å²) in [7, 11) is -1.36. The van der Waals surface area contributed by atoms with Gasteiger partial charge in [-0.25, -0.2) is 8.42 Å². The van der Waals surface area contributed by atoms with E-state index >= 15 is 0 Å². The predicted octanol–water partition coefficient (Wildman–Crippen LogP) is -0.246. The molecule has 22 heavy (non-hydrogen) atoms. The van der Waals surface area contributed by atoms with Gasteiger partial charge < -0.3 is 4.90 Å². The highest BCUT2D eigenvalue weighted by Crippen LogP contribution is 2.28. The van der Waals surface area contributed by atoms with E-state index in [4.69, 9.17) is 0 Å². The van der Waals surface area contributed by atoms with Crippen LogP contribution in [0.15, 0.2) is 12.3 Å². The molecule has 3 rings (SSSR count). The molecule has 1 aromatic heterocycles. The maximum absolute atomic E-state index is 12.8. The van der Waals surface area contributed by atoms with Gasteiger partial charge in [0.05, 0.1) is 17.5 Å². The maximum Gasteiger partial charge on any atom is 0.272 e. The number of fused-ring (bicyclic) bond motifs is 1. The lowest BCUT2D eigenvalue weighted by Gasteiger charge is -2.43. The van der Waals surface area contributed by atoms with Crippen molar-refractivity contribution in [3.63, 3.8) is 0 Å². The van der Waals surface area contributed by atoms with Crippen molar-refractivity contribution in [2.45, 2.75) is 25.4 Å². The number of hydrogen-bond acceptors (Lipinski definition) is 5. The zero-order valence-electron chi connectivity index (χ0n) is 13.0. The number of amides is 1. The van der Waals surface area contributed by atoms with Crippen LogP contribution in [0.1, 0.15) is 23.8 Å². The highest BCUT2D eigenvalue weighted by molar-refractivity contribution is 7.91. The molecule has 1 amide bonds. The molecule has 0 N–H and O–H groups in total. The molecule has 2 aliphatic heterocycles. The number of aromatic nitrogens is 2. The number of nitrogens with zero attached hydrogens (tertiary/aromatic N) is 4. The van der Waals surface area contributed by atoms with Gasteiger partial charge in [0, 0.05) is 32.4 Å². The fraction of sp³-hybridized carbons (Fsp3) is 0.714. The first-order chi connectivity index (χ1) is 10.4. The van der Waals surface area contributed by atoms with Crippen molar-refractivity contribution in [1.29, 1.82) is 0 Å². The molecule has 0 unspecified atom stereocenters. The molecule has 2 fully saturated rings. The SMILES string of the molecule is CCCN1CCN(C(=O)c2ccnn2C)[C@H]2CS(=O)(=O)C[C@H]21. The van der Waals surface area contributed by atoms with Crippen molar-refractivity contribution in [3.8, 4) is 0 Å². The van der Waals surface area contributed by atoms with Gasteiger partial charge in [0.2, 0.25) is 0 Å². The quantitative estimate of drug-likeness (QED) is 0.766. The molecule has 2 aliphatic rings. The summed E-state index contributed by atoms with van der Waals surface area (Å²) in [6.45, 7) is 4.27. The first-order valence-electron chi connectivity index (χ1n) is 7.66. The Bertz CT molecular complexity index is 669. The summed E-state index contributed by atoms with van der Waals surface area (Å²) < 4.78 is 25.7. The van der Waals surface area contributed by atoms with E-state index in [-0.39, 0.29) is 29.5 Å². The van der Waals surface area contributed by atoms with Crippen molar-refractivity contribution in [2.75, 3.05) is 31.1 Å². The Balaban J connectivity index is 1.88. The largest absolute Gasteiger partial charge is 0.330 e. The van der Waals surface area contributed by atoms with Gasteiger partial charge in [-0.2, -0.15) is 5.10 Å². The van der Waals surface area contributed by atoms with E-state index in [1.165, 1.54) is 0 Å². The second kappa shape index (κ2) is 5.66. The van der Waals surface area contributed by atoms with Crippen LogP contribution < -0.4 is 0 Å². The van der Waals surface area contributed by atoms with Gasteiger partial charge in [0.25, 0.3) is 5.91 Å². The van der Waals surface area contributed by atoms with Crippen molar-refractivity contribution in [2.24, 2.45) is 7.05 Å². The predicted molar refractivity (Wildman–Crippen MR) is 82.3 cm³/mol. The van der Waals surface area contributed by atoms with Crippen LogP contribution in [0, 0.1) is 0 Å². The van der Waals surface area contributed by atoms with Crippen LogP contribution in [0.4, 0.5) is 0 Å². The molecule has 8 heteroatoms. The van der Waals surface area contributed by atoms with Crippen molar-refractivity contribution < 1.29 is 13.2 Å². The van der Waals surface area contributed by atoms with Crippen molar-refractivity contribution in [3.05, 3.63) is 18.0 Å². The number of carbonyl (C=O) groups excluding carboxylic acids is 1. The second-order valence-corrected chi connectivity index (χ2v) is 8.24. The summed E-state index contributed by atoms with van der Waals surface area (Å²) in [6.07, 6.45) is 2.57. The average Bonchev–Trinajstić information content (AvgIpc) is 3.01. The number of rotatable bonds is 3. The number of hydrogen-bond donors (Lipinski definition) is 0. The Kier molecular flexibility index (Phi) is 3.98. The van der Waals surface area contributed by atoms with Crippen molar-refractivity contribution in [1.82, 2.24) is 19.6 Å². The highest BCUT2D eigenvalue weighted by atomic mass is 32.2. The zero-order chi connectivity index (χ0) is 15.9. The lowest BCUT2D eigenvalue weighted by molar-refractivity contribution is 0.0324. The topological polar surface area (TPSA) is 75.5 Å². The molecule has 0 radical (unpaired) electrons. The molecule has 0 saturated carbocycles. The number of piperazine rings is 1. The Morgan fingerprint density at radius 2 is 2.05 bits per heavy atom. The lowest BCUT2D eigenvalue weighted by Crippen LogP contribution is -2.60. The zero-order valence-corrected chi connectivity index (χ0v) is 13.8. The van der Waals surface area contributed by atoms with Gasteiger partial charge in [0.15, 0.2) is 9.84 Å². The molecule has 0 bridgehead atoms. The maximum atomic E-state index is 12.8. The third kappa shape index (κ3) is 2.65. The molecule has 3 heterocycles. The van der Waals surface area contributed by atoms with Crippen LogP contribution >= 0.6 is 0 Å². The smallest absolute Gasteiger partial charge is 0.272 e. The monoisotopic (exact) mass is 326 g/mol. The Morgan fingerprint density at radius 3 is 2.68 bits per heavy atom. The summed E-state index contributed by atoms with van der Waals surface area (Å²) in [5, 5.41) is 4.03. The van der Waals surface area contributed by atoms with Gasteiger partial charge >= 0.3 is 0 Å². The van der Waals surface area contributed by atoms with Gasteiger partial charge in [-0.05, 0) is 19.0 Å². The Morgan fingerprint density at radius 1 is 1.32 bits per heavy atom. The van der Waals surface area contributed by atoms with E-state index < -0.39 is 9.84 Å². The van der Waals surface area contributed by atoms with E-state index in [9.17, 15) is 13.2 Å². The van der Waals surface area contributed by atoms with Crippen LogP contribution in [0.3, 0.4) is 0 Å². The molecule has 2 saturated heterocycles. The van der Waals surface area contributed by atoms with Crippen LogP contribution in [0.2, 0.25) is 0 Å². The third-order valence-corrected chi connectivity index (χ3v) is 6.30. The van der Waals surface area contributed by atoms with E-state index in [0.717, 1.165) is 19.5 Å². The highest BCUT2D eigenvalue weighted by Gasteiger charge is 2.48. The average molecular weight is 326 g/mol. The van der Waals surface area contributed by atoms with Gasteiger partial charge in [-0.1, -0.05) is 6.92 Å². The molecule has 122 valence electrons. The summed E-state index contributed by atoms with van der Waals surface area (Å²) in [6, 6.07) is 1.36. The summed E-state index contributed by atoms with van der Waals surface area (Å²) in [5.74, 6) is 0.108. The molecule has 0 aliphatic carbocycles. The van der Waals surface area contributed by atoms with Gasteiger partial charge in [-0.15, -0.1) is 0 Å². The lowest BCUT2D eigenvalue weighted by atomic mass is 10.0. The number of aryl methyl sites for hydroxylation is 1. The molecular weight excluding hydrogens is 304 g/mol. The minimum Gasteiger partial charge on any atom is -0.330 e. The Hall–Kier alpha value is -1.41. The van der Waals surface area contributed by atoms with Gasteiger partial charge in [0.1, 0.15) is 5.69 Å². The molecule has 7 nitrogen and oxygen atoms in total. The first-order valence-corrected chi connectivity index (χ1v) is 9.48. The van der Waals surface area contributed by atoms with E-state index in [0.29, 0.717) is 12.2 Å². The Labute approximate surface area is 130 Å². The standard InChI is InChI=1S/C14H22N4O3S/c1-3-6-17-7-8-18(13-10-22(20,21)9-12(13)17)14(19)11-4-5-15-16(11)2/h4-5,12-13H,3,6-10H2,1-2H3/t12-,13+/m1/s1. The third-order valence-electron chi connectivity index (χ3n) is 4.60. The minimum absolute atomic E-state index is 0.0709. The number of sulfone groups is 1. The first kappa shape index (κ1) is 15.5. The van der Waals surface area contributed by atoms with Crippen LogP contribution in [0.25, 0.3) is 0 Å². The summed E-state index contributed by atoms with van der Waals surface area (Å²) in [5.41, 5.74) is 0.506. The fourth-order valence-corrected chi connectivity index (χ4v) is 5.58.